The molecule has 1 unspecified atom stereocenters. The summed E-state index contributed by atoms with van der Waals surface area (Å²) in [6, 6.07) is 1.02. The normalized spacial score (nSPS) is 33.3. The Balaban J connectivity index is 1.45. The van der Waals surface area contributed by atoms with E-state index in [1.165, 1.54) is 18.3 Å². The van der Waals surface area contributed by atoms with Crippen LogP contribution in [-0.2, 0) is 23.7 Å². The number of halogens is 2. The summed E-state index contributed by atoms with van der Waals surface area (Å²) < 4.78 is 53.7. The van der Waals surface area contributed by atoms with Crippen molar-refractivity contribution >= 4 is 22.8 Å². The molecule has 2 aromatic rings. The number of rotatable bonds is 4. The lowest BCUT2D eigenvalue weighted by atomic mass is 9.98. The molecule has 0 aromatic carbocycles. The average Bonchev–Trinajstić information content (AvgIpc) is 3.39. The third kappa shape index (κ3) is 3.94. The van der Waals surface area contributed by atoms with Crippen molar-refractivity contribution in [1.29, 1.82) is 0 Å². The molecule has 2 N–H and O–H groups in total. The molecule has 3 fully saturated rings. The van der Waals surface area contributed by atoms with Crippen LogP contribution in [0.3, 0.4) is 0 Å². The lowest BCUT2D eigenvalue weighted by molar-refractivity contribution is -0.201. The Morgan fingerprint density at radius 2 is 2.06 bits per heavy atom. The summed E-state index contributed by atoms with van der Waals surface area (Å²) in [7, 11) is 1.26. The van der Waals surface area contributed by atoms with Crippen molar-refractivity contribution in [2.45, 2.75) is 69.0 Å². The van der Waals surface area contributed by atoms with Gasteiger partial charge in [-0.3, -0.25) is 9.69 Å². The molecule has 0 radical (unpaired) electrons. The highest BCUT2D eigenvalue weighted by molar-refractivity contribution is 5.86. The third-order valence-corrected chi connectivity index (χ3v) is 6.49. The van der Waals surface area contributed by atoms with Crippen LogP contribution in [-0.4, -0.2) is 81.7 Å². The number of fused-ring (bicyclic) bond motifs is 2. The van der Waals surface area contributed by atoms with Gasteiger partial charge < -0.3 is 29.2 Å². The van der Waals surface area contributed by atoms with Crippen LogP contribution in [0.4, 0.5) is 14.6 Å². The molecule has 0 saturated carbocycles. The fourth-order valence-corrected chi connectivity index (χ4v) is 5.07. The predicted molar refractivity (Wildman–Crippen MR) is 111 cm³/mol. The minimum atomic E-state index is -2.90. The SMILES string of the molecule is COC(=O)C1CCC(F)(F)CN1C[C@H]1O[C@@H](n2ccc3c(N)ncnc32)[C@@H]2OC(C)(C)O[C@@H]21. The zero-order chi connectivity index (χ0) is 23.5. The number of alkyl halides is 2. The van der Waals surface area contributed by atoms with Gasteiger partial charge in [0.1, 0.15) is 42.1 Å². The Morgan fingerprint density at radius 1 is 1.30 bits per heavy atom. The number of hydrogen-bond donors (Lipinski definition) is 1. The molecule has 0 aliphatic carbocycles. The summed E-state index contributed by atoms with van der Waals surface area (Å²) in [6.45, 7) is 3.08. The van der Waals surface area contributed by atoms with Crippen LogP contribution < -0.4 is 5.73 Å². The number of methoxy groups -OCH3 is 1. The van der Waals surface area contributed by atoms with E-state index in [4.69, 9.17) is 24.7 Å². The molecule has 5 heterocycles. The maximum absolute atomic E-state index is 14.3. The molecule has 0 amide bonds. The number of aromatic nitrogens is 3. The standard InChI is InChI=1S/C21H27F2N5O5/c1-20(2)32-14-13(8-27-9-21(22,23)6-4-12(27)19(29)30-3)31-18(15(14)33-20)28-7-5-11-16(24)25-10-26-17(11)28/h5,7,10,12-15,18H,4,6,8-9H2,1-3H3,(H2,24,25,26)/t12?,13-,14-,15-,18-/m1/s1. The zero-order valence-corrected chi connectivity index (χ0v) is 18.6. The van der Waals surface area contributed by atoms with Gasteiger partial charge in [0.05, 0.1) is 19.0 Å². The molecule has 5 rings (SSSR count). The molecule has 5 atom stereocenters. The van der Waals surface area contributed by atoms with Crippen molar-refractivity contribution < 1.29 is 32.5 Å². The van der Waals surface area contributed by atoms with Gasteiger partial charge in [0, 0.05) is 19.2 Å². The van der Waals surface area contributed by atoms with Crippen LogP contribution in [0.5, 0.6) is 0 Å². The fraction of sp³-hybridized carbons (Fsp3) is 0.667. The number of carbonyl (C=O) groups excluding carboxylic acids is 1. The molecular formula is C21H27F2N5O5. The van der Waals surface area contributed by atoms with E-state index in [-0.39, 0.29) is 19.4 Å². The van der Waals surface area contributed by atoms with Crippen molar-refractivity contribution in [3.05, 3.63) is 18.6 Å². The highest BCUT2D eigenvalue weighted by Gasteiger charge is 2.57. The maximum Gasteiger partial charge on any atom is 0.323 e. The van der Waals surface area contributed by atoms with Gasteiger partial charge in [-0.05, 0) is 26.3 Å². The van der Waals surface area contributed by atoms with E-state index in [2.05, 4.69) is 9.97 Å². The van der Waals surface area contributed by atoms with Gasteiger partial charge in [-0.25, -0.2) is 18.7 Å². The number of ether oxygens (including phenoxy) is 4. The van der Waals surface area contributed by atoms with Gasteiger partial charge >= 0.3 is 5.97 Å². The summed E-state index contributed by atoms with van der Waals surface area (Å²) in [5, 5.41) is 0.667. The van der Waals surface area contributed by atoms with Crippen LogP contribution in [0.15, 0.2) is 18.6 Å². The minimum Gasteiger partial charge on any atom is -0.468 e. The molecule has 3 aliphatic heterocycles. The van der Waals surface area contributed by atoms with Crippen molar-refractivity contribution in [2.24, 2.45) is 0 Å². The number of piperidine rings is 1. The monoisotopic (exact) mass is 467 g/mol. The summed E-state index contributed by atoms with van der Waals surface area (Å²) in [6.07, 6.45) is 0.479. The second-order valence-electron chi connectivity index (χ2n) is 9.21. The number of hydrogen-bond acceptors (Lipinski definition) is 9. The quantitative estimate of drug-likeness (QED) is 0.671. The molecule has 12 heteroatoms. The first-order valence-electron chi connectivity index (χ1n) is 10.9. The van der Waals surface area contributed by atoms with Gasteiger partial charge in [0.25, 0.3) is 5.92 Å². The molecule has 0 spiro atoms. The first kappa shape index (κ1) is 22.4. The van der Waals surface area contributed by atoms with E-state index in [0.717, 1.165) is 0 Å². The zero-order valence-electron chi connectivity index (χ0n) is 18.6. The maximum atomic E-state index is 14.3. The Hall–Kier alpha value is -2.41. The second-order valence-corrected chi connectivity index (χ2v) is 9.21. The van der Waals surface area contributed by atoms with E-state index in [1.54, 1.807) is 30.7 Å². The first-order valence-corrected chi connectivity index (χ1v) is 10.9. The number of esters is 1. The van der Waals surface area contributed by atoms with Gasteiger partial charge in [-0.15, -0.1) is 0 Å². The van der Waals surface area contributed by atoms with Gasteiger partial charge in [-0.1, -0.05) is 0 Å². The molecule has 3 aliphatic rings. The fourth-order valence-electron chi connectivity index (χ4n) is 5.07. The van der Waals surface area contributed by atoms with E-state index in [0.29, 0.717) is 16.9 Å². The summed E-state index contributed by atoms with van der Waals surface area (Å²) >= 11 is 0. The number of anilines is 1. The number of carbonyl (C=O) groups is 1. The molecule has 0 bridgehead atoms. The second kappa shape index (κ2) is 7.83. The Morgan fingerprint density at radius 3 is 2.82 bits per heavy atom. The van der Waals surface area contributed by atoms with E-state index >= 15 is 0 Å². The molecule has 180 valence electrons. The van der Waals surface area contributed by atoms with Crippen molar-refractivity contribution in [1.82, 2.24) is 19.4 Å². The van der Waals surface area contributed by atoms with Crippen molar-refractivity contribution in [2.75, 3.05) is 25.9 Å². The van der Waals surface area contributed by atoms with Gasteiger partial charge in [0.15, 0.2) is 12.0 Å². The largest absolute Gasteiger partial charge is 0.468 e. The third-order valence-electron chi connectivity index (χ3n) is 6.49. The highest BCUT2D eigenvalue weighted by atomic mass is 19.3. The van der Waals surface area contributed by atoms with Gasteiger partial charge in [-0.2, -0.15) is 0 Å². The Kier molecular flexibility index (Phi) is 5.31. The van der Waals surface area contributed by atoms with Crippen LogP contribution in [0, 0.1) is 0 Å². The van der Waals surface area contributed by atoms with Crippen molar-refractivity contribution in [3.63, 3.8) is 0 Å². The first-order chi connectivity index (χ1) is 15.6. The van der Waals surface area contributed by atoms with Crippen LogP contribution in [0.25, 0.3) is 11.0 Å². The lowest BCUT2D eigenvalue weighted by Crippen LogP contribution is -2.55. The molecule has 33 heavy (non-hydrogen) atoms. The Labute approximate surface area is 188 Å². The molecule has 2 aromatic heterocycles. The summed E-state index contributed by atoms with van der Waals surface area (Å²) in [5.41, 5.74) is 6.54. The molecule has 10 nitrogen and oxygen atoms in total. The number of nitrogens with two attached hydrogens (primary N) is 1. The van der Waals surface area contributed by atoms with Crippen molar-refractivity contribution in [3.8, 4) is 0 Å². The number of nitrogens with zero attached hydrogens (tertiary/aromatic N) is 4. The predicted octanol–water partition coefficient (Wildman–Crippen LogP) is 1.70. The summed E-state index contributed by atoms with van der Waals surface area (Å²) in [4.78, 5) is 22.1. The Bertz CT molecular complexity index is 1060. The van der Waals surface area contributed by atoms with E-state index in [9.17, 15) is 13.6 Å². The number of likely N-dealkylation sites (tertiary alicyclic amines) is 1. The van der Waals surface area contributed by atoms with E-state index < -0.39 is 54.8 Å². The smallest absolute Gasteiger partial charge is 0.323 e. The average molecular weight is 467 g/mol. The van der Waals surface area contributed by atoms with Gasteiger partial charge in [0.2, 0.25) is 0 Å². The van der Waals surface area contributed by atoms with Crippen LogP contribution in [0.1, 0.15) is 32.9 Å². The highest BCUT2D eigenvalue weighted by Crippen LogP contribution is 2.45. The van der Waals surface area contributed by atoms with Crippen LogP contribution in [0.2, 0.25) is 0 Å². The van der Waals surface area contributed by atoms with E-state index in [1.807, 2.05) is 0 Å². The lowest BCUT2D eigenvalue weighted by Gasteiger charge is -2.39. The van der Waals surface area contributed by atoms with Crippen LogP contribution >= 0.6 is 0 Å². The number of nitrogen functional groups attached to an aromatic ring is 1. The topological polar surface area (TPSA) is 114 Å². The molecule has 3 saturated heterocycles. The summed E-state index contributed by atoms with van der Waals surface area (Å²) in [5.74, 6) is -3.99. The molecular weight excluding hydrogens is 440 g/mol. The minimum absolute atomic E-state index is 0.00516.